The highest BCUT2D eigenvalue weighted by atomic mass is 32.2. The lowest BCUT2D eigenvalue weighted by molar-refractivity contribution is 0.385. The second kappa shape index (κ2) is 7.49. The minimum Gasteiger partial charge on any atom is -0.324 e. The normalized spacial score (nSPS) is 13.5. The van der Waals surface area contributed by atoms with Gasteiger partial charge in [-0.15, -0.1) is 0 Å². The molecule has 0 saturated heterocycles. The van der Waals surface area contributed by atoms with Gasteiger partial charge in [-0.3, -0.25) is 5.84 Å². The molecule has 1 rings (SSSR count). The number of benzene rings is 1. The van der Waals surface area contributed by atoms with Crippen molar-refractivity contribution in [2.75, 3.05) is 24.5 Å². The molecule has 1 aromatic carbocycles. The highest BCUT2D eigenvalue weighted by Crippen LogP contribution is 2.28. The number of nitrogens with zero attached hydrogens (tertiary/aromatic N) is 1. The van der Waals surface area contributed by atoms with Crippen molar-refractivity contribution >= 4 is 27.5 Å². The molecule has 0 radical (unpaired) electrons. The number of sulfonamides is 1. The third-order valence-corrected chi connectivity index (χ3v) is 6.54. The fourth-order valence-electron chi connectivity index (χ4n) is 2.45. The number of nitrogen functional groups attached to an aromatic ring is 1. The largest absolute Gasteiger partial charge is 0.324 e. The second-order valence-electron chi connectivity index (χ2n) is 5.12. The van der Waals surface area contributed by atoms with Gasteiger partial charge in [0.05, 0.1) is 4.90 Å². The minimum absolute atomic E-state index is 0.00360. The maximum atomic E-state index is 12.9. The molecule has 0 aliphatic heterocycles. The van der Waals surface area contributed by atoms with Gasteiger partial charge < -0.3 is 5.43 Å². The molecule has 120 valence electrons. The average Bonchev–Trinajstić information content (AvgIpc) is 2.42. The molecule has 0 saturated carbocycles. The van der Waals surface area contributed by atoms with Crippen LogP contribution in [0.25, 0.3) is 0 Å². The minimum atomic E-state index is -3.51. The van der Waals surface area contributed by atoms with E-state index in [0.29, 0.717) is 21.7 Å². The molecule has 0 spiro atoms. The fraction of sp³-hybridized carbons (Fsp3) is 0.571. The summed E-state index contributed by atoms with van der Waals surface area (Å²) < 4.78 is 27.3. The lowest BCUT2D eigenvalue weighted by Gasteiger charge is -2.27. The highest BCUT2D eigenvalue weighted by molar-refractivity contribution is 7.98. The fourth-order valence-corrected chi connectivity index (χ4v) is 5.23. The van der Waals surface area contributed by atoms with Crippen LogP contribution in [0.1, 0.15) is 24.5 Å². The summed E-state index contributed by atoms with van der Waals surface area (Å²) in [4.78, 5) is 0.378. The molecule has 5 nitrogen and oxygen atoms in total. The number of hydrazine groups is 1. The number of aryl methyl sites for hydroxylation is 2. The van der Waals surface area contributed by atoms with E-state index >= 15 is 0 Å². The Morgan fingerprint density at radius 2 is 1.86 bits per heavy atom. The Morgan fingerprint density at radius 3 is 2.24 bits per heavy atom. The molecular formula is C14H25N3O2S2. The quantitative estimate of drug-likeness (QED) is 0.592. The Kier molecular flexibility index (Phi) is 6.52. The molecule has 1 aromatic rings. The molecule has 0 fully saturated rings. The van der Waals surface area contributed by atoms with Gasteiger partial charge in [0, 0.05) is 24.5 Å². The maximum absolute atomic E-state index is 12.9. The molecule has 1 unspecified atom stereocenters. The van der Waals surface area contributed by atoms with Crippen LogP contribution in [0.15, 0.2) is 17.0 Å². The Bertz CT molecular complexity index is 565. The van der Waals surface area contributed by atoms with Gasteiger partial charge in [0.25, 0.3) is 0 Å². The smallest absolute Gasteiger partial charge is 0.243 e. The van der Waals surface area contributed by atoms with E-state index in [0.717, 1.165) is 12.2 Å². The van der Waals surface area contributed by atoms with E-state index in [-0.39, 0.29) is 6.04 Å². The van der Waals surface area contributed by atoms with Crippen molar-refractivity contribution in [3.05, 3.63) is 23.3 Å². The standard InChI is InChI=1S/C14H25N3O2S2/c1-6-13(9-20-5)17(4)21(18,19)14-10(2)7-12(16-15)8-11(14)3/h7-8,13,16H,6,9,15H2,1-5H3. The highest BCUT2D eigenvalue weighted by Gasteiger charge is 2.29. The zero-order valence-electron chi connectivity index (χ0n) is 13.3. The first-order chi connectivity index (χ1) is 9.79. The first-order valence-corrected chi connectivity index (χ1v) is 9.67. The van der Waals surface area contributed by atoms with Crippen LogP contribution >= 0.6 is 11.8 Å². The van der Waals surface area contributed by atoms with Crippen LogP contribution in [-0.4, -0.2) is 37.8 Å². The number of nitrogens with one attached hydrogen (secondary N) is 1. The second-order valence-corrected chi connectivity index (χ2v) is 7.97. The van der Waals surface area contributed by atoms with Gasteiger partial charge in [-0.2, -0.15) is 16.1 Å². The molecule has 0 bridgehead atoms. The van der Waals surface area contributed by atoms with E-state index in [1.165, 1.54) is 4.31 Å². The first-order valence-electron chi connectivity index (χ1n) is 6.84. The molecule has 0 aliphatic rings. The molecular weight excluding hydrogens is 306 g/mol. The zero-order valence-corrected chi connectivity index (χ0v) is 14.9. The third kappa shape index (κ3) is 3.91. The van der Waals surface area contributed by atoms with Gasteiger partial charge in [0.1, 0.15) is 0 Å². The van der Waals surface area contributed by atoms with E-state index < -0.39 is 10.0 Å². The molecule has 3 N–H and O–H groups in total. The summed E-state index contributed by atoms with van der Waals surface area (Å²) in [5, 5.41) is 0. The van der Waals surface area contributed by atoms with Crippen molar-refractivity contribution in [2.45, 2.75) is 38.1 Å². The van der Waals surface area contributed by atoms with Gasteiger partial charge in [0.2, 0.25) is 10.0 Å². The Balaban J connectivity index is 3.31. The Hall–Kier alpha value is -0.760. The van der Waals surface area contributed by atoms with Gasteiger partial charge >= 0.3 is 0 Å². The summed E-state index contributed by atoms with van der Waals surface area (Å²) in [5.74, 6) is 6.19. The Labute approximate surface area is 132 Å². The topological polar surface area (TPSA) is 75.4 Å². The van der Waals surface area contributed by atoms with Crippen LogP contribution in [0, 0.1) is 13.8 Å². The number of hydrogen-bond acceptors (Lipinski definition) is 5. The number of thioether (sulfide) groups is 1. The SMILES string of the molecule is CCC(CSC)N(C)S(=O)(=O)c1c(C)cc(NN)cc1C. The van der Waals surface area contributed by atoms with E-state index in [9.17, 15) is 8.42 Å². The maximum Gasteiger partial charge on any atom is 0.243 e. The van der Waals surface area contributed by atoms with Crippen molar-refractivity contribution in [2.24, 2.45) is 5.84 Å². The van der Waals surface area contributed by atoms with Crippen LogP contribution in [0.2, 0.25) is 0 Å². The third-order valence-electron chi connectivity index (χ3n) is 3.61. The van der Waals surface area contributed by atoms with Gasteiger partial charge in [-0.05, 0) is 49.8 Å². The summed E-state index contributed by atoms with van der Waals surface area (Å²) in [7, 11) is -1.85. The molecule has 0 heterocycles. The van der Waals surface area contributed by atoms with Crippen LogP contribution in [0.4, 0.5) is 5.69 Å². The summed E-state index contributed by atoms with van der Waals surface area (Å²) in [5.41, 5.74) is 4.68. The van der Waals surface area contributed by atoms with E-state index in [1.807, 2.05) is 13.2 Å². The lowest BCUT2D eigenvalue weighted by Crippen LogP contribution is -2.38. The number of hydrogen-bond donors (Lipinski definition) is 2. The van der Waals surface area contributed by atoms with E-state index in [4.69, 9.17) is 5.84 Å². The predicted octanol–water partition coefficient (Wildman–Crippen LogP) is 2.35. The van der Waals surface area contributed by atoms with Crippen LogP contribution in [-0.2, 0) is 10.0 Å². The van der Waals surface area contributed by atoms with Crippen LogP contribution in [0.3, 0.4) is 0 Å². The van der Waals surface area contributed by atoms with Crippen molar-refractivity contribution in [3.63, 3.8) is 0 Å². The summed E-state index contributed by atoms with van der Waals surface area (Å²) in [6.07, 6.45) is 2.78. The number of rotatable bonds is 7. The van der Waals surface area contributed by atoms with Crippen LogP contribution in [0.5, 0.6) is 0 Å². The summed E-state index contributed by atoms with van der Waals surface area (Å²) in [6, 6.07) is 3.50. The van der Waals surface area contributed by atoms with Gasteiger partial charge in [-0.25, -0.2) is 8.42 Å². The molecule has 0 aliphatic carbocycles. The van der Waals surface area contributed by atoms with Crippen molar-refractivity contribution in [3.8, 4) is 0 Å². The van der Waals surface area contributed by atoms with E-state index in [2.05, 4.69) is 5.43 Å². The van der Waals surface area contributed by atoms with Gasteiger partial charge in [0.15, 0.2) is 0 Å². The van der Waals surface area contributed by atoms with Crippen LogP contribution < -0.4 is 11.3 Å². The van der Waals surface area contributed by atoms with Crippen molar-refractivity contribution in [1.29, 1.82) is 0 Å². The molecule has 0 aromatic heterocycles. The lowest BCUT2D eigenvalue weighted by atomic mass is 10.1. The van der Waals surface area contributed by atoms with Gasteiger partial charge in [-0.1, -0.05) is 6.92 Å². The summed E-state index contributed by atoms with van der Waals surface area (Å²) in [6.45, 7) is 5.60. The number of anilines is 1. The predicted molar refractivity (Wildman–Crippen MR) is 91.1 cm³/mol. The molecule has 21 heavy (non-hydrogen) atoms. The molecule has 7 heteroatoms. The first kappa shape index (κ1) is 18.3. The number of nitrogens with two attached hydrogens (primary N) is 1. The average molecular weight is 332 g/mol. The zero-order chi connectivity index (χ0) is 16.2. The monoisotopic (exact) mass is 331 g/mol. The Morgan fingerprint density at radius 1 is 1.33 bits per heavy atom. The molecule has 1 atom stereocenters. The van der Waals surface area contributed by atoms with Crippen molar-refractivity contribution < 1.29 is 8.42 Å². The van der Waals surface area contributed by atoms with Crippen molar-refractivity contribution in [1.82, 2.24) is 4.31 Å². The summed E-state index contributed by atoms with van der Waals surface area (Å²) >= 11 is 1.66. The molecule has 0 amide bonds. The van der Waals surface area contributed by atoms with E-state index in [1.54, 1.807) is 44.8 Å².